The van der Waals surface area contributed by atoms with Crippen LogP contribution in [0.5, 0.6) is 0 Å². The predicted octanol–water partition coefficient (Wildman–Crippen LogP) is 2.03. The van der Waals surface area contributed by atoms with Gasteiger partial charge in [-0.25, -0.2) is 0 Å². The van der Waals surface area contributed by atoms with Crippen LogP contribution in [-0.4, -0.2) is 29.5 Å². The SMILES string of the molecule is CC(C)C(CN)CN(CCC#N)Cc1cccnc1. The molecule has 1 aromatic heterocycles. The van der Waals surface area contributed by atoms with Gasteiger partial charge in [0.1, 0.15) is 0 Å². The van der Waals surface area contributed by atoms with Crippen LogP contribution >= 0.6 is 0 Å². The zero-order valence-corrected chi connectivity index (χ0v) is 11.9. The Morgan fingerprint density at radius 1 is 1.47 bits per heavy atom. The summed E-state index contributed by atoms with van der Waals surface area (Å²) in [6, 6.07) is 6.23. The summed E-state index contributed by atoms with van der Waals surface area (Å²) in [5.74, 6) is 1.03. The van der Waals surface area contributed by atoms with Gasteiger partial charge in [-0.05, 0) is 30.0 Å². The lowest BCUT2D eigenvalue weighted by Crippen LogP contribution is -2.35. The fourth-order valence-electron chi connectivity index (χ4n) is 2.08. The van der Waals surface area contributed by atoms with Gasteiger partial charge in [-0.2, -0.15) is 5.26 Å². The van der Waals surface area contributed by atoms with E-state index in [4.69, 9.17) is 11.0 Å². The summed E-state index contributed by atoms with van der Waals surface area (Å²) in [4.78, 5) is 6.44. The van der Waals surface area contributed by atoms with E-state index in [9.17, 15) is 0 Å². The van der Waals surface area contributed by atoms with Crippen molar-refractivity contribution >= 4 is 0 Å². The average molecular weight is 260 g/mol. The fraction of sp³-hybridized carbons (Fsp3) is 0.600. The summed E-state index contributed by atoms with van der Waals surface area (Å²) in [7, 11) is 0. The summed E-state index contributed by atoms with van der Waals surface area (Å²) in [5, 5.41) is 8.77. The first-order valence-corrected chi connectivity index (χ1v) is 6.85. The maximum atomic E-state index is 8.77. The van der Waals surface area contributed by atoms with E-state index in [0.29, 0.717) is 24.8 Å². The van der Waals surface area contributed by atoms with Crippen molar-refractivity contribution in [3.05, 3.63) is 30.1 Å². The third-order valence-corrected chi connectivity index (χ3v) is 3.41. The Labute approximate surface area is 116 Å². The number of aromatic nitrogens is 1. The third kappa shape index (κ3) is 5.82. The highest BCUT2D eigenvalue weighted by molar-refractivity contribution is 5.08. The maximum absolute atomic E-state index is 8.77. The number of nitriles is 1. The molecule has 1 rings (SSSR count). The standard InChI is InChI=1S/C15H24N4/c1-13(2)15(9-17)12-19(8-4-6-16)11-14-5-3-7-18-10-14/h3,5,7,10,13,15H,4,8-9,11-12,17H2,1-2H3. The van der Waals surface area contributed by atoms with E-state index in [0.717, 1.165) is 19.6 Å². The van der Waals surface area contributed by atoms with Crippen molar-refractivity contribution in [1.82, 2.24) is 9.88 Å². The van der Waals surface area contributed by atoms with Crippen LogP contribution in [-0.2, 0) is 6.54 Å². The minimum absolute atomic E-state index is 0.468. The molecule has 0 spiro atoms. The van der Waals surface area contributed by atoms with Gasteiger partial charge < -0.3 is 5.73 Å². The number of hydrogen-bond acceptors (Lipinski definition) is 4. The van der Waals surface area contributed by atoms with Crippen molar-refractivity contribution in [2.75, 3.05) is 19.6 Å². The van der Waals surface area contributed by atoms with Crippen LogP contribution in [0.3, 0.4) is 0 Å². The quantitative estimate of drug-likeness (QED) is 0.776. The van der Waals surface area contributed by atoms with E-state index in [1.54, 1.807) is 6.20 Å². The lowest BCUT2D eigenvalue weighted by atomic mass is 9.95. The summed E-state index contributed by atoms with van der Waals surface area (Å²) in [5.41, 5.74) is 7.02. The van der Waals surface area contributed by atoms with E-state index in [1.807, 2.05) is 12.3 Å². The molecular weight excluding hydrogens is 236 g/mol. The van der Waals surface area contributed by atoms with Gasteiger partial charge in [-0.1, -0.05) is 19.9 Å². The molecule has 0 saturated heterocycles. The topological polar surface area (TPSA) is 65.9 Å². The van der Waals surface area contributed by atoms with Crippen LogP contribution in [0.2, 0.25) is 0 Å². The van der Waals surface area contributed by atoms with Crippen molar-refractivity contribution in [1.29, 1.82) is 5.26 Å². The highest BCUT2D eigenvalue weighted by Gasteiger charge is 2.16. The molecule has 4 heteroatoms. The molecule has 1 unspecified atom stereocenters. The van der Waals surface area contributed by atoms with Gasteiger partial charge in [0.25, 0.3) is 0 Å². The van der Waals surface area contributed by atoms with Crippen LogP contribution in [0.4, 0.5) is 0 Å². The lowest BCUT2D eigenvalue weighted by Gasteiger charge is -2.28. The molecule has 0 saturated carbocycles. The highest BCUT2D eigenvalue weighted by Crippen LogP contribution is 2.13. The zero-order valence-electron chi connectivity index (χ0n) is 11.9. The van der Waals surface area contributed by atoms with Crippen molar-refractivity contribution in [3.63, 3.8) is 0 Å². The molecule has 4 nitrogen and oxygen atoms in total. The number of nitrogens with two attached hydrogens (primary N) is 1. The van der Waals surface area contributed by atoms with Gasteiger partial charge in [-0.3, -0.25) is 9.88 Å². The molecule has 0 aromatic carbocycles. The average Bonchev–Trinajstić information content (AvgIpc) is 2.42. The normalized spacial score (nSPS) is 12.6. The second-order valence-electron chi connectivity index (χ2n) is 5.24. The monoisotopic (exact) mass is 260 g/mol. The summed E-state index contributed by atoms with van der Waals surface area (Å²) >= 11 is 0. The molecule has 19 heavy (non-hydrogen) atoms. The smallest absolute Gasteiger partial charge is 0.0635 e. The summed E-state index contributed by atoms with van der Waals surface area (Å²) < 4.78 is 0. The Hall–Kier alpha value is -1.44. The Kier molecular flexibility index (Phi) is 7.09. The van der Waals surface area contributed by atoms with Crippen LogP contribution in [0, 0.1) is 23.2 Å². The number of rotatable bonds is 8. The number of pyridine rings is 1. The maximum Gasteiger partial charge on any atom is 0.0635 e. The molecular formula is C15H24N4. The van der Waals surface area contributed by atoms with Gasteiger partial charge in [0, 0.05) is 38.4 Å². The molecule has 0 amide bonds. The van der Waals surface area contributed by atoms with Crippen molar-refractivity contribution in [3.8, 4) is 6.07 Å². The van der Waals surface area contributed by atoms with E-state index >= 15 is 0 Å². The van der Waals surface area contributed by atoms with Crippen LogP contribution in [0.1, 0.15) is 25.8 Å². The predicted molar refractivity (Wildman–Crippen MR) is 77.1 cm³/mol. The fourth-order valence-corrected chi connectivity index (χ4v) is 2.08. The number of nitrogens with zero attached hydrogens (tertiary/aromatic N) is 3. The van der Waals surface area contributed by atoms with Crippen molar-refractivity contribution < 1.29 is 0 Å². The minimum atomic E-state index is 0.468. The van der Waals surface area contributed by atoms with E-state index in [-0.39, 0.29) is 0 Å². The van der Waals surface area contributed by atoms with Crippen molar-refractivity contribution in [2.45, 2.75) is 26.8 Å². The first kappa shape index (κ1) is 15.6. The summed E-state index contributed by atoms with van der Waals surface area (Å²) in [6.07, 6.45) is 4.21. The molecule has 1 heterocycles. The van der Waals surface area contributed by atoms with Gasteiger partial charge in [0.2, 0.25) is 0 Å². The Balaban J connectivity index is 2.63. The molecule has 0 radical (unpaired) electrons. The molecule has 0 aliphatic rings. The van der Waals surface area contributed by atoms with Crippen LogP contribution in [0.15, 0.2) is 24.5 Å². The van der Waals surface area contributed by atoms with Crippen LogP contribution in [0.25, 0.3) is 0 Å². The second kappa shape index (κ2) is 8.63. The van der Waals surface area contributed by atoms with Gasteiger partial charge in [0.05, 0.1) is 6.07 Å². The second-order valence-corrected chi connectivity index (χ2v) is 5.24. The number of hydrogen-bond donors (Lipinski definition) is 1. The summed E-state index contributed by atoms with van der Waals surface area (Å²) in [6.45, 7) is 7.64. The Morgan fingerprint density at radius 3 is 2.79 bits per heavy atom. The van der Waals surface area contributed by atoms with Gasteiger partial charge in [0.15, 0.2) is 0 Å². The van der Waals surface area contributed by atoms with Gasteiger partial charge >= 0.3 is 0 Å². The van der Waals surface area contributed by atoms with E-state index < -0.39 is 0 Å². The molecule has 0 aliphatic carbocycles. The molecule has 0 aliphatic heterocycles. The van der Waals surface area contributed by atoms with E-state index in [1.165, 1.54) is 5.56 Å². The first-order valence-electron chi connectivity index (χ1n) is 6.85. The Morgan fingerprint density at radius 2 is 2.26 bits per heavy atom. The molecule has 104 valence electrons. The molecule has 0 fully saturated rings. The third-order valence-electron chi connectivity index (χ3n) is 3.41. The minimum Gasteiger partial charge on any atom is -0.330 e. The first-order chi connectivity index (χ1) is 9.17. The van der Waals surface area contributed by atoms with Crippen molar-refractivity contribution in [2.24, 2.45) is 17.6 Å². The van der Waals surface area contributed by atoms with Gasteiger partial charge in [-0.15, -0.1) is 0 Å². The Bertz CT molecular complexity index is 383. The molecule has 2 N–H and O–H groups in total. The lowest BCUT2D eigenvalue weighted by molar-refractivity contribution is 0.201. The molecule has 1 aromatic rings. The highest BCUT2D eigenvalue weighted by atomic mass is 15.1. The molecule has 0 bridgehead atoms. The van der Waals surface area contributed by atoms with E-state index in [2.05, 4.69) is 35.9 Å². The largest absolute Gasteiger partial charge is 0.330 e. The molecule has 1 atom stereocenters. The van der Waals surface area contributed by atoms with Crippen LogP contribution < -0.4 is 5.73 Å². The zero-order chi connectivity index (χ0) is 14.1.